The van der Waals surface area contributed by atoms with Gasteiger partial charge in [0.1, 0.15) is 5.75 Å². The van der Waals surface area contributed by atoms with Crippen LogP contribution in [-0.4, -0.2) is 41.3 Å². The van der Waals surface area contributed by atoms with Crippen LogP contribution >= 0.6 is 15.9 Å². The number of amides is 1. The molecular formula is C12H17BrN2O2. The number of hydrogen-bond acceptors (Lipinski definition) is 3. The van der Waals surface area contributed by atoms with E-state index in [-0.39, 0.29) is 5.91 Å². The molecule has 0 unspecified atom stereocenters. The van der Waals surface area contributed by atoms with Gasteiger partial charge in [0.2, 0.25) is 0 Å². The van der Waals surface area contributed by atoms with Crippen molar-refractivity contribution >= 4 is 21.8 Å². The van der Waals surface area contributed by atoms with E-state index in [1.165, 1.54) is 0 Å². The first kappa shape index (κ1) is 14.0. The fourth-order valence-electron chi connectivity index (χ4n) is 1.54. The number of methoxy groups -OCH3 is 1. The zero-order valence-corrected chi connectivity index (χ0v) is 11.7. The maximum absolute atomic E-state index is 12.3. The maximum atomic E-state index is 12.3. The summed E-state index contributed by atoms with van der Waals surface area (Å²) in [6, 6.07) is 1.69. The van der Waals surface area contributed by atoms with E-state index in [2.05, 4.69) is 20.9 Å². The lowest BCUT2D eigenvalue weighted by Gasteiger charge is -2.21. The second kappa shape index (κ2) is 7.27. The van der Waals surface area contributed by atoms with Crippen LogP contribution in [0.3, 0.4) is 0 Å². The molecule has 0 aliphatic carbocycles. The molecule has 0 aliphatic heterocycles. The van der Waals surface area contributed by atoms with Crippen LogP contribution in [0.2, 0.25) is 0 Å². The molecule has 1 amide bonds. The monoisotopic (exact) mass is 300 g/mol. The SMILES string of the molecule is CCN(CCCBr)C(=O)c1ccncc1OC. The minimum Gasteiger partial charge on any atom is -0.494 e. The molecular weight excluding hydrogens is 284 g/mol. The van der Waals surface area contributed by atoms with E-state index in [9.17, 15) is 4.79 Å². The van der Waals surface area contributed by atoms with Gasteiger partial charge in [0.15, 0.2) is 0 Å². The average Bonchev–Trinajstić information content (AvgIpc) is 2.39. The number of ether oxygens (including phenoxy) is 1. The van der Waals surface area contributed by atoms with Gasteiger partial charge in [-0.15, -0.1) is 0 Å². The van der Waals surface area contributed by atoms with Crippen LogP contribution in [-0.2, 0) is 0 Å². The van der Waals surface area contributed by atoms with Gasteiger partial charge in [-0.25, -0.2) is 0 Å². The summed E-state index contributed by atoms with van der Waals surface area (Å²) in [6.45, 7) is 3.41. The summed E-state index contributed by atoms with van der Waals surface area (Å²) in [7, 11) is 1.54. The highest BCUT2D eigenvalue weighted by molar-refractivity contribution is 9.09. The lowest BCUT2D eigenvalue weighted by Crippen LogP contribution is -2.32. The Kier molecular flexibility index (Phi) is 5.97. The second-order valence-corrected chi connectivity index (χ2v) is 4.30. The van der Waals surface area contributed by atoms with E-state index in [4.69, 9.17) is 4.74 Å². The van der Waals surface area contributed by atoms with Gasteiger partial charge in [-0.2, -0.15) is 0 Å². The number of rotatable bonds is 6. The minimum absolute atomic E-state index is 0.00676. The average molecular weight is 301 g/mol. The normalized spacial score (nSPS) is 10.1. The number of nitrogens with zero attached hydrogens (tertiary/aromatic N) is 2. The van der Waals surface area contributed by atoms with Gasteiger partial charge in [0.05, 0.1) is 18.9 Å². The molecule has 0 atom stereocenters. The first-order valence-corrected chi connectivity index (χ1v) is 6.70. The predicted octanol–water partition coefficient (Wildman–Crippen LogP) is 2.34. The summed E-state index contributed by atoms with van der Waals surface area (Å²) in [5, 5.41) is 0.893. The summed E-state index contributed by atoms with van der Waals surface area (Å²) >= 11 is 3.37. The Morgan fingerprint density at radius 1 is 1.59 bits per heavy atom. The van der Waals surface area contributed by atoms with E-state index < -0.39 is 0 Å². The fraction of sp³-hybridized carbons (Fsp3) is 0.500. The smallest absolute Gasteiger partial charge is 0.257 e. The molecule has 1 aromatic heterocycles. The highest BCUT2D eigenvalue weighted by atomic mass is 79.9. The number of carbonyl (C=O) groups is 1. The Balaban J connectivity index is 2.85. The van der Waals surface area contributed by atoms with Crippen LogP contribution in [0.15, 0.2) is 18.5 Å². The standard InChI is InChI=1S/C12H17BrN2O2/c1-3-15(8-4-6-13)12(16)10-5-7-14-9-11(10)17-2/h5,7,9H,3-4,6,8H2,1-2H3. The molecule has 94 valence electrons. The van der Waals surface area contributed by atoms with Gasteiger partial charge >= 0.3 is 0 Å². The van der Waals surface area contributed by atoms with Crippen molar-refractivity contribution in [3.63, 3.8) is 0 Å². The van der Waals surface area contributed by atoms with Crippen LogP contribution in [0.25, 0.3) is 0 Å². The Hall–Kier alpha value is -1.10. The van der Waals surface area contributed by atoms with Crippen molar-refractivity contribution < 1.29 is 9.53 Å². The fourth-order valence-corrected chi connectivity index (χ4v) is 1.79. The van der Waals surface area contributed by atoms with Crippen molar-refractivity contribution in [1.82, 2.24) is 9.88 Å². The van der Waals surface area contributed by atoms with Crippen molar-refractivity contribution in [2.75, 3.05) is 25.5 Å². The number of hydrogen-bond donors (Lipinski definition) is 0. The van der Waals surface area contributed by atoms with Crippen LogP contribution in [0.1, 0.15) is 23.7 Å². The minimum atomic E-state index is -0.00676. The quantitative estimate of drug-likeness (QED) is 0.757. The molecule has 0 saturated heterocycles. The Morgan fingerprint density at radius 2 is 2.35 bits per heavy atom. The highest BCUT2D eigenvalue weighted by Crippen LogP contribution is 2.18. The molecule has 4 nitrogen and oxygen atoms in total. The van der Waals surface area contributed by atoms with Gasteiger partial charge in [0.25, 0.3) is 5.91 Å². The van der Waals surface area contributed by atoms with Gasteiger partial charge in [0, 0.05) is 24.6 Å². The predicted molar refractivity (Wildman–Crippen MR) is 70.8 cm³/mol. The Morgan fingerprint density at radius 3 is 2.94 bits per heavy atom. The molecule has 0 saturated carbocycles. The van der Waals surface area contributed by atoms with Gasteiger partial charge in [-0.3, -0.25) is 9.78 Å². The molecule has 0 radical (unpaired) electrons. The van der Waals surface area contributed by atoms with Crippen molar-refractivity contribution in [2.45, 2.75) is 13.3 Å². The van der Waals surface area contributed by atoms with Gasteiger partial charge < -0.3 is 9.64 Å². The molecule has 0 fully saturated rings. The summed E-state index contributed by atoms with van der Waals surface area (Å²) in [5.74, 6) is 0.516. The molecule has 17 heavy (non-hydrogen) atoms. The number of halogens is 1. The number of carbonyl (C=O) groups excluding carboxylic acids is 1. The number of pyridine rings is 1. The second-order valence-electron chi connectivity index (χ2n) is 3.50. The van der Waals surface area contributed by atoms with E-state index in [0.29, 0.717) is 17.9 Å². The van der Waals surface area contributed by atoms with E-state index in [0.717, 1.165) is 18.3 Å². The summed E-state index contributed by atoms with van der Waals surface area (Å²) in [5.41, 5.74) is 0.568. The largest absolute Gasteiger partial charge is 0.494 e. The van der Waals surface area contributed by atoms with Crippen LogP contribution in [0.4, 0.5) is 0 Å². The molecule has 5 heteroatoms. The Labute approximate surface area is 110 Å². The van der Waals surface area contributed by atoms with Crippen molar-refractivity contribution in [3.05, 3.63) is 24.0 Å². The molecule has 1 rings (SSSR count). The zero-order valence-electron chi connectivity index (χ0n) is 10.1. The molecule has 0 aliphatic rings. The summed E-state index contributed by atoms with van der Waals surface area (Å²) in [4.78, 5) is 18.0. The number of alkyl halides is 1. The van der Waals surface area contributed by atoms with E-state index in [1.807, 2.05) is 6.92 Å². The third-order valence-electron chi connectivity index (χ3n) is 2.47. The number of aromatic nitrogens is 1. The van der Waals surface area contributed by atoms with E-state index >= 15 is 0 Å². The van der Waals surface area contributed by atoms with Crippen molar-refractivity contribution in [2.24, 2.45) is 0 Å². The first-order chi connectivity index (χ1) is 8.24. The van der Waals surface area contributed by atoms with Crippen molar-refractivity contribution in [3.8, 4) is 5.75 Å². The van der Waals surface area contributed by atoms with Crippen molar-refractivity contribution in [1.29, 1.82) is 0 Å². The molecule has 0 bridgehead atoms. The highest BCUT2D eigenvalue weighted by Gasteiger charge is 2.17. The van der Waals surface area contributed by atoms with Crippen LogP contribution < -0.4 is 4.74 Å². The van der Waals surface area contributed by atoms with E-state index in [1.54, 1.807) is 30.5 Å². The topological polar surface area (TPSA) is 42.4 Å². The van der Waals surface area contributed by atoms with Gasteiger partial charge in [-0.1, -0.05) is 15.9 Å². The summed E-state index contributed by atoms with van der Waals surface area (Å²) < 4.78 is 5.15. The molecule has 0 spiro atoms. The molecule has 1 heterocycles. The maximum Gasteiger partial charge on any atom is 0.257 e. The summed E-state index contributed by atoms with van der Waals surface area (Å²) in [6.07, 6.45) is 4.10. The molecule has 0 N–H and O–H groups in total. The van der Waals surface area contributed by atoms with Crippen LogP contribution in [0.5, 0.6) is 5.75 Å². The lowest BCUT2D eigenvalue weighted by molar-refractivity contribution is 0.0761. The third-order valence-corrected chi connectivity index (χ3v) is 3.03. The molecule has 0 aromatic carbocycles. The zero-order chi connectivity index (χ0) is 12.7. The third kappa shape index (κ3) is 3.70. The van der Waals surface area contributed by atoms with Crippen LogP contribution in [0, 0.1) is 0 Å². The lowest BCUT2D eigenvalue weighted by atomic mass is 10.2. The van der Waals surface area contributed by atoms with Gasteiger partial charge in [-0.05, 0) is 19.4 Å². The first-order valence-electron chi connectivity index (χ1n) is 5.57. The Bertz CT molecular complexity index is 371. The molecule has 1 aromatic rings.